The molecule has 0 spiro atoms. The Morgan fingerprint density at radius 1 is 1.38 bits per heavy atom. The van der Waals surface area contributed by atoms with E-state index in [-0.39, 0.29) is 11.9 Å². The highest BCUT2D eigenvalue weighted by atomic mass is 32.1. The predicted molar refractivity (Wildman–Crippen MR) is 94.1 cm³/mol. The van der Waals surface area contributed by atoms with E-state index in [0.717, 1.165) is 47.7 Å². The van der Waals surface area contributed by atoms with Crippen LogP contribution in [-0.2, 0) is 11.2 Å². The highest BCUT2D eigenvalue weighted by Crippen LogP contribution is 2.31. The molecule has 1 amide bonds. The van der Waals surface area contributed by atoms with Crippen LogP contribution in [0.3, 0.4) is 0 Å². The molecule has 0 aliphatic carbocycles. The van der Waals surface area contributed by atoms with E-state index < -0.39 is 0 Å². The molecule has 24 heavy (non-hydrogen) atoms. The zero-order chi connectivity index (χ0) is 16.5. The van der Waals surface area contributed by atoms with Crippen LogP contribution in [0.4, 0.5) is 0 Å². The van der Waals surface area contributed by atoms with Crippen LogP contribution < -0.4 is 0 Å². The summed E-state index contributed by atoms with van der Waals surface area (Å²) >= 11 is 1.64. The molecular formula is C18H20N4OS. The van der Waals surface area contributed by atoms with Crippen molar-refractivity contribution in [2.75, 3.05) is 6.54 Å². The minimum atomic E-state index is 0.0739. The molecule has 1 unspecified atom stereocenters. The van der Waals surface area contributed by atoms with Gasteiger partial charge in [0.25, 0.3) is 0 Å². The molecule has 0 bridgehead atoms. The van der Waals surface area contributed by atoms with Crippen molar-refractivity contribution in [3.8, 4) is 0 Å². The summed E-state index contributed by atoms with van der Waals surface area (Å²) in [6, 6.07) is 8.09. The van der Waals surface area contributed by atoms with E-state index in [0.29, 0.717) is 6.42 Å². The fraction of sp³-hybridized carbons (Fsp3) is 0.389. The fourth-order valence-corrected chi connectivity index (χ4v) is 4.16. The van der Waals surface area contributed by atoms with Crippen molar-refractivity contribution < 1.29 is 4.79 Å². The largest absolute Gasteiger partial charge is 0.334 e. The van der Waals surface area contributed by atoms with Crippen LogP contribution >= 0.6 is 11.3 Å². The Labute approximate surface area is 144 Å². The first kappa shape index (κ1) is 15.3. The van der Waals surface area contributed by atoms with Crippen molar-refractivity contribution in [2.45, 2.75) is 38.6 Å². The van der Waals surface area contributed by atoms with E-state index in [2.05, 4.69) is 11.2 Å². The second kappa shape index (κ2) is 6.36. The number of piperidine rings is 1. The summed E-state index contributed by atoms with van der Waals surface area (Å²) in [5.74, 6) is 0.204. The minimum absolute atomic E-state index is 0.0739. The molecule has 4 rings (SSSR count). The second-order valence-corrected chi connectivity index (χ2v) is 7.31. The summed E-state index contributed by atoms with van der Waals surface area (Å²) in [6.45, 7) is 2.85. The molecule has 1 atom stereocenters. The smallest absolute Gasteiger partial charge is 0.228 e. The van der Waals surface area contributed by atoms with Crippen molar-refractivity contribution in [2.24, 2.45) is 0 Å². The molecule has 0 aromatic carbocycles. The van der Waals surface area contributed by atoms with Gasteiger partial charge in [0.15, 0.2) is 5.65 Å². The van der Waals surface area contributed by atoms with E-state index >= 15 is 0 Å². The van der Waals surface area contributed by atoms with E-state index in [9.17, 15) is 4.79 Å². The van der Waals surface area contributed by atoms with Gasteiger partial charge in [0.1, 0.15) is 0 Å². The lowest BCUT2D eigenvalue weighted by molar-refractivity contribution is -0.134. The van der Waals surface area contributed by atoms with Gasteiger partial charge in [-0.05, 0) is 43.7 Å². The minimum Gasteiger partial charge on any atom is -0.334 e. The number of hydrogen-bond acceptors (Lipinski definition) is 4. The van der Waals surface area contributed by atoms with Gasteiger partial charge in [-0.25, -0.2) is 9.50 Å². The summed E-state index contributed by atoms with van der Waals surface area (Å²) in [6.07, 6.45) is 5.44. The molecule has 4 heterocycles. The molecule has 5 nitrogen and oxygen atoms in total. The fourth-order valence-electron chi connectivity index (χ4n) is 3.46. The Hall–Kier alpha value is -2.21. The molecule has 3 aromatic rings. The molecule has 1 aliphatic heterocycles. The normalized spacial score (nSPS) is 18.2. The van der Waals surface area contributed by atoms with Crippen LogP contribution in [0, 0.1) is 6.92 Å². The second-order valence-electron chi connectivity index (χ2n) is 6.28. The number of likely N-dealkylation sites (tertiary alicyclic amines) is 1. The average Bonchev–Trinajstić information content (AvgIpc) is 3.26. The maximum atomic E-state index is 12.8. The van der Waals surface area contributed by atoms with E-state index in [4.69, 9.17) is 4.98 Å². The Balaban J connectivity index is 1.64. The highest BCUT2D eigenvalue weighted by molar-refractivity contribution is 7.10. The molecule has 1 saturated heterocycles. The quantitative estimate of drug-likeness (QED) is 0.734. The number of amides is 1. The zero-order valence-corrected chi connectivity index (χ0v) is 14.5. The van der Waals surface area contributed by atoms with Gasteiger partial charge in [-0.3, -0.25) is 4.79 Å². The van der Waals surface area contributed by atoms with E-state index in [1.165, 1.54) is 0 Å². The number of carbonyl (C=O) groups excluding carboxylic acids is 1. The van der Waals surface area contributed by atoms with Gasteiger partial charge in [0.2, 0.25) is 5.91 Å². The lowest BCUT2D eigenvalue weighted by atomic mass is 9.98. The van der Waals surface area contributed by atoms with Crippen LogP contribution in [0.5, 0.6) is 0 Å². The SMILES string of the molecule is Cc1cc(C2CCCCN2C(=O)Cc2cccs2)nc2ccnn12. The molecule has 1 fully saturated rings. The van der Waals surface area contributed by atoms with Gasteiger partial charge in [-0.1, -0.05) is 6.07 Å². The standard InChI is InChI=1S/C18H20N4OS/c1-13-11-15(20-17-7-8-19-22(13)17)16-6-2-3-9-21(16)18(23)12-14-5-4-10-24-14/h4-5,7-8,10-11,16H,2-3,6,9,12H2,1H3. The lowest BCUT2D eigenvalue weighted by Crippen LogP contribution is -2.39. The number of nitrogens with zero attached hydrogens (tertiary/aromatic N) is 4. The average molecular weight is 340 g/mol. The molecule has 3 aromatic heterocycles. The Morgan fingerprint density at radius 2 is 2.29 bits per heavy atom. The molecule has 124 valence electrons. The number of fused-ring (bicyclic) bond motifs is 1. The summed E-state index contributed by atoms with van der Waals surface area (Å²) in [7, 11) is 0. The van der Waals surface area contributed by atoms with Crippen molar-refractivity contribution in [1.82, 2.24) is 19.5 Å². The van der Waals surface area contributed by atoms with Gasteiger partial charge in [-0.15, -0.1) is 11.3 Å². The van der Waals surface area contributed by atoms with Crippen LogP contribution in [0.2, 0.25) is 0 Å². The first-order chi connectivity index (χ1) is 11.7. The summed E-state index contributed by atoms with van der Waals surface area (Å²) in [5, 5.41) is 6.31. The first-order valence-electron chi connectivity index (χ1n) is 8.35. The van der Waals surface area contributed by atoms with Gasteiger partial charge < -0.3 is 4.90 Å². The number of rotatable bonds is 3. The predicted octanol–water partition coefficient (Wildman–Crippen LogP) is 3.40. The lowest BCUT2D eigenvalue weighted by Gasteiger charge is -2.35. The monoisotopic (exact) mass is 340 g/mol. The maximum Gasteiger partial charge on any atom is 0.228 e. The van der Waals surface area contributed by atoms with Crippen molar-refractivity contribution >= 4 is 22.9 Å². The van der Waals surface area contributed by atoms with Crippen molar-refractivity contribution in [3.63, 3.8) is 0 Å². The summed E-state index contributed by atoms with van der Waals surface area (Å²) in [4.78, 5) is 20.7. The zero-order valence-electron chi connectivity index (χ0n) is 13.7. The van der Waals surface area contributed by atoms with E-state index in [1.807, 2.05) is 39.9 Å². The third-order valence-electron chi connectivity index (χ3n) is 4.63. The third kappa shape index (κ3) is 2.82. The molecule has 6 heteroatoms. The van der Waals surface area contributed by atoms with Crippen LogP contribution in [-0.4, -0.2) is 31.9 Å². The van der Waals surface area contributed by atoms with Gasteiger partial charge in [0, 0.05) is 23.2 Å². The van der Waals surface area contributed by atoms with Crippen molar-refractivity contribution in [1.29, 1.82) is 0 Å². The van der Waals surface area contributed by atoms with Crippen LogP contribution in [0.15, 0.2) is 35.8 Å². The summed E-state index contributed by atoms with van der Waals surface area (Å²) in [5.41, 5.74) is 2.89. The molecule has 0 saturated carbocycles. The van der Waals surface area contributed by atoms with Crippen LogP contribution in [0.25, 0.3) is 5.65 Å². The van der Waals surface area contributed by atoms with Crippen molar-refractivity contribution in [3.05, 3.63) is 52.1 Å². The number of aromatic nitrogens is 3. The Kier molecular flexibility index (Phi) is 4.06. The number of hydrogen-bond donors (Lipinski definition) is 0. The maximum absolute atomic E-state index is 12.8. The topological polar surface area (TPSA) is 50.5 Å². The number of carbonyl (C=O) groups is 1. The van der Waals surface area contributed by atoms with Crippen LogP contribution in [0.1, 0.15) is 41.6 Å². The number of aryl methyl sites for hydroxylation is 1. The Bertz CT molecular complexity index is 855. The van der Waals surface area contributed by atoms with E-state index in [1.54, 1.807) is 17.5 Å². The van der Waals surface area contributed by atoms with Gasteiger partial charge >= 0.3 is 0 Å². The number of thiophene rings is 1. The van der Waals surface area contributed by atoms with Gasteiger partial charge in [0.05, 0.1) is 24.4 Å². The molecular weight excluding hydrogens is 320 g/mol. The molecule has 1 aliphatic rings. The third-order valence-corrected chi connectivity index (χ3v) is 5.50. The molecule has 0 radical (unpaired) electrons. The first-order valence-corrected chi connectivity index (χ1v) is 9.23. The Morgan fingerprint density at radius 3 is 3.12 bits per heavy atom. The van der Waals surface area contributed by atoms with Gasteiger partial charge in [-0.2, -0.15) is 5.10 Å². The summed E-state index contributed by atoms with van der Waals surface area (Å²) < 4.78 is 1.84. The highest BCUT2D eigenvalue weighted by Gasteiger charge is 2.29. The molecule has 0 N–H and O–H groups in total.